The fourth-order valence-electron chi connectivity index (χ4n) is 2.18. The van der Waals surface area contributed by atoms with Crippen molar-refractivity contribution in [1.82, 2.24) is 18.9 Å². The van der Waals surface area contributed by atoms with Crippen molar-refractivity contribution in [2.24, 2.45) is 14.1 Å². The first-order chi connectivity index (χ1) is 10.8. The average molecular weight is 318 g/mol. The summed E-state index contributed by atoms with van der Waals surface area (Å²) in [5, 5.41) is 14.1. The second-order valence-corrected chi connectivity index (χ2v) is 5.40. The van der Waals surface area contributed by atoms with Crippen molar-refractivity contribution in [3.63, 3.8) is 0 Å². The molecule has 0 amide bonds. The molecule has 2 rings (SSSR count). The van der Waals surface area contributed by atoms with Gasteiger partial charge in [0, 0.05) is 26.3 Å². The second kappa shape index (κ2) is 6.07. The zero-order valence-electron chi connectivity index (χ0n) is 13.3. The Bertz CT molecular complexity index is 899. The first kappa shape index (κ1) is 16.5. The zero-order valence-corrected chi connectivity index (χ0v) is 13.3. The van der Waals surface area contributed by atoms with E-state index in [0.717, 1.165) is 9.13 Å². The van der Waals surface area contributed by atoms with E-state index in [9.17, 15) is 19.5 Å². The maximum atomic E-state index is 12.3. The van der Waals surface area contributed by atoms with Gasteiger partial charge < -0.3 is 5.11 Å². The Morgan fingerprint density at radius 3 is 2.52 bits per heavy atom. The van der Waals surface area contributed by atoms with Crippen LogP contribution in [-0.2, 0) is 14.1 Å². The molecule has 0 unspecified atom stereocenters. The number of carbonyl (C=O) groups is 1. The molecule has 0 fully saturated rings. The highest BCUT2D eigenvalue weighted by atomic mass is 16.3. The Labute approximate surface area is 131 Å². The number of aromatic hydroxyl groups is 1. The zero-order chi connectivity index (χ0) is 17.3. The molecule has 2 aromatic rings. The quantitative estimate of drug-likeness (QED) is 0.652. The predicted octanol–water partition coefficient (Wildman–Crippen LogP) is 0.463. The molecule has 1 N–H and O–H groups in total. The molecule has 0 bridgehead atoms. The van der Waals surface area contributed by atoms with Crippen molar-refractivity contribution in [1.29, 1.82) is 0 Å². The van der Waals surface area contributed by atoms with E-state index in [1.807, 2.05) is 13.8 Å². The number of rotatable bonds is 4. The van der Waals surface area contributed by atoms with Gasteiger partial charge in [0.2, 0.25) is 5.88 Å². The molecule has 2 aromatic heterocycles. The first-order valence-corrected chi connectivity index (χ1v) is 7.00. The van der Waals surface area contributed by atoms with E-state index >= 15 is 0 Å². The van der Waals surface area contributed by atoms with Gasteiger partial charge in [-0.05, 0) is 32.1 Å². The topological polar surface area (TPSA) is 99.1 Å². The van der Waals surface area contributed by atoms with Gasteiger partial charge in [-0.1, -0.05) is 0 Å². The smallest absolute Gasteiger partial charge is 0.333 e. The minimum Gasteiger partial charge on any atom is -0.494 e. The van der Waals surface area contributed by atoms with Crippen LogP contribution in [0.2, 0.25) is 0 Å². The van der Waals surface area contributed by atoms with E-state index in [-0.39, 0.29) is 6.04 Å². The van der Waals surface area contributed by atoms with Gasteiger partial charge >= 0.3 is 5.69 Å². The highest BCUT2D eigenvalue weighted by Crippen LogP contribution is 2.13. The second-order valence-electron chi connectivity index (χ2n) is 5.40. The highest BCUT2D eigenvalue weighted by molar-refractivity contribution is 6.07. The molecule has 2 heterocycles. The van der Waals surface area contributed by atoms with E-state index in [1.54, 1.807) is 16.9 Å². The number of ketones is 1. The van der Waals surface area contributed by atoms with Crippen molar-refractivity contribution in [2.75, 3.05) is 0 Å². The van der Waals surface area contributed by atoms with Gasteiger partial charge in [-0.25, -0.2) is 4.79 Å². The number of allylic oxidation sites excluding steroid dienone is 1. The van der Waals surface area contributed by atoms with Gasteiger partial charge in [0.25, 0.3) is 5.56 Å². The lowest BCUT2D eigenvalue weighted by Crippen LogP contribution is -2.39. The van der Waals surface area contributed by atoms with Crippen molar-refractivity contribution in [2.45, 2.75) is 19.9 Å². The lowest BCUT2D eigenvalue weighted by molar-refractivity contribution is 0.104. The van der Waals surface area contributed by atoms with E-state index in [4.69, 9.17) is 0 Å². The maximum Gasteiger partial charge on any atom is 0.333 e. The van der Waals surface area contributed by atoms with Crippen LogP contribution in [-0.4, -0.2) is 29.8 Å². The maximum absolute atomic E-state index is 12.3. The van der Waals surface area contributed by atoms with E-state index in [1.165, 1.54) is 26.2 Å². The average Bonchev–Trinajstić information content (AvgIpc) is 2.98. The normalized spacial score (nSPS) is 11.5. The number of aromatic nitrogens is 4. The fourth-order valence-corrected chi connectivity index (χ4v) is 2.18. The molecule has 0 aliphatic rings. The standard InChI is InChI=1S/C15H18N4O4/c1-9(2)19-10(7-8-16-19)5-6-11(20)12-13(21)17(3)15(23)18(4)14(12)22/h5-9,21H,1-4H3. The molecular formula is C15H18N4O4. The Kier molecular flexibility index (Phi) is 4.35. The molecule has 23 heavy (non-hydrogen) atoms. The lowest BCUT2D eigenvalue weighted by Gasteiger charge is -2.09. The van der Waals surface area contributed by atoms with Gasteiger partial charge in [-0.15, -0.1) is 0 Å². The van der Waals surface area contributed by atoms with Gasteiger partial charge in [0.15, 0.2) is 5.78 Å². The Morgan fingerprint density at radius 1 is 1.26 bits per heavy atom. The van der Waals surface area contributed by atoms with Crippen LogP contribution < -0.4 is 11.2 Å². The van der Waals surface area contributed by atoms with Gasteiger partial charge in [-0.3, -0.25) is 23.4 Å². The molecule has 0 aromatic carbocycles. The van der Waals surface area contributed by atoms with Crippen LogP contribution in [0.4, 0.5) is 0 Å². The number of carbonyl (C=O) groups excluding carboxylic acids is 1. The summed E-state index contributed by atoms with van der Waals surface area (Å²) in [5.74, 6) is -1.33. The molecule has 0 saturated heterocycles. The lowest BCUT2D eigenvalue weighted by atomic mass is 10.1. The van der Waals surface area contributed by atoms with Crippen LogP contribution in [0.25, 0.3) is 6.08 Å². The van der Waals surface area contributed by atoms with E-state index < -0.39 is 28.5 Å². The van der Waals surface area contributed by atoms with Crippen LogP contribution in [0.15, 0.2) is 27.9 Å². The van der Waals surface area contributed by atoms with Crippen LogP contribution in [0.3, 0.4) is 0 Å². The molecule has 0 aliphatic carbocycles. The molecule has 0 saturated carbocycles. The summed E-state index contributed by atoms with van der Waals surface area (Å²) in [5.41, 5.74) is -1.29. The molecule has 0 aliphatic heterocycles. The molecule has 8 heteroatoms. The Morgan fingerprint density at radius 2 is 1.91 bits per heavy atom. The fraction of sp³-hybridized carbons (Fsp3) is 0.333. The van der Waals surface area contributed by atoms with Crippen molar-refractivity contribution in [3.8, 4) is 5.88 Å². The van der Waals surface area contributed by atoms with Crippen molar-refractivity contribution >= 4 is 11.9 Å². The van der Waals surface area contributed by atoms with Crippen LogP contribution in [0.1, 0.15) is 35.9 Å². The third-order valence-electron chi connectivity index (χ3n) is 3.48. The van der Waals surface area contributed by atoms with Crippen molar-refractivity contribution < 1.29 is 9.90 Å². The summed E-state index contributed by atoms with van der Waals surface area (Å²) >= 11 is 0. The SMILES string of the molecule is CC(C)n1nccc1C=CC(=O)c1c(O)n(C)c(=O)n(C)c1=O. The van der Waals surface area contributed by atoms with E-state index in [2.05, 4.69) is 5.10 Å². The van der Waals surface area contributed by atoms with Crippen LogP contribution in [0.5, 0.6) is 5.88 Å². The summed E-state index contributed by atoms with van der Waals surface area (Å²) in [6, 6.07) is 1.83. The summed E-state index contributed by atoms with van der Waals surface area (Å²) in [6.07, 6.45) is 4.29. The molecule has 8 nitrogen and oxygen atoms in total. The molecule has 0 atom stereocenters. The molecular weight excluding hydrogens is 300 g/mol. The summed E-state index contributed by atoms with van der Waals surface area (Å²) < 4.78 is 3.34. The largest absolute Gasteiger partial charge is 0.494 e. The van der Waals surface area contributed by atoms with Crippen LogP contribution in [0, 0.1) is 0 Å². The highest BCUT2D eigenvalue weighted by Gasteiger charge is 2.19. The predicted molar refractivity (Wildman–Crippen MR) is 84.6 cm³/mol. The minimum atomic E-state index is -0.836. The Hall–Kier alpha value is -2.90. The summed E-state index contributed by atoms with van der Waals surface area (Å²) in [6.45, 7) is 3.89. The molecule has 0 radical (unpaired) electrons. The summed E-state index contributed by atoms with van der Waals surface area (Å²) in [7, 11) is 2.53. The van der Waals surface area contributed by atoms with Gasteiger partial charge in [0.05, 0.1) is 5.69 Å². The Balaban J connectivity index is 2.47. The monoisotopic (exact) mass is 318 g/mol. The minimum absolute atomic E-state index is 0.110. The van der Waals surface area contributed by atoms with Gasteiger partial charge in [-0.2, -0.15) is 5.10 Å². The molecule has 0 spiro atoms. The van der Waals surface area contributed by atoms with Crippen LogP contribution >= 0.6 is 0 Å². The van der Waals surface area contributed by atoms with E-state index in [0.29, 0.717) is 5.69 Å². The van der Waals surface area contributed by atoms with Crippen molar-refractivity contribution in [3.05, 3.63) is 50.4 Å². The number of hydrogen-bond donors (Lipinski definition) is 1. The van der Waals surface area contributed by atoms with Gasteiger partial charge in [0.1, 0.15) is 5.56 Å². The number of nitrogens with zero attached hydrogens (tertiary/aromatic N) is 4. The first-order valence-electron chi connectivity index (χ1n) is 7.00. The third kappa shape index (κ3) is 2.87. The number of hydrogen-bond acceptors (Lipinski definition) is 5. The summed E-state index contributed by atoms with van der Waals surface area (Å²) in [4.78, 5) is 36.0. The third-order valence-corrected chi connectivity index (χ3v) is 3.48. The molecule has 122 valence electrons.